The summed E-state index contributed by atoms with van der Waals surface area (Å²) in [5, 5.41) is 0. The molecular weight excluding hydrogens is 143 g/mol. The van der Waals surface area contributed by atoms with Crippen LogP contribution in [0.4, 0.5) is 0 Å². The van der Waals surface area contributed by atoms with Gasteiger partial charge in [-0.3, -0.25) is 0 Å². The Morgan fingerprint density at radius 2 is 1.20 bits per heavy atom. The summed E-state index contributed by atoms with van der Waals surface area (Å²) in [6, 6.07) is 0. The third-order valence-electron chi connectivity index (χ3n) is 0. The van der Waals surface area contributed by atoms with Gasteiger partial charge in [-0.15, -0.1) is 0 Å². The molecule has 0 aliphatic rings. The van der Waals surface area contributed by atoms with Gasteiger partial charge in [0.15, 0.2) is 0 Å². The molecule has 2 heteroatoms. The van der Waals surface area contributed by atoms with Gasteiger partial charge in [0, 0.05) is 0 Å². The van der Waals surface area contributed by atoms with Gasteiger partial charge in [0.25, 0.3) is 0 Å². The van der Waals surface area contributed by atoms with E-state index < -0.39 is 12.2 Å². The van der Waals surface area contributed by atoms with Crippen LogP contribution in [0.1, 0.15) is 0 Å². The molecule has 0 atom stereocenters. The molecule has 0 radical (unpaired) electrons. The molecule has 0 N–H and O–H groups in total. The van der Waals surface area contributed by atoms with Crippen LogP contribution in [-0.4, -0.2) is 21.1 Å². The molecule has 0 nitrogen and oxygen atoms in total. The van der Waals surface area contributed by atoms with Crippen LogP contribution in [0.25, 0.3) is 0 Å². The Labute approximate surface area is 39.1 Å². The van der Waals surface area contributed by atoms with E-state index >= 15 is 0 Å². The van der Waals surface area contributed by atoms with Gasteiger partial charge in [-0.1, -0.05) is 0 Å². The van der Waals surface area contributed by atoms with Crippen molar-refractivity contribution in [3.63, 3.8) is 0 Å². The molecule has 0 aliphatic heterocycles. The van der Waals surface area contributed by atoms with Gasteiger partial charge in [0.2, 0.25) is 0 Å². The van der Waals surface area contributed by atoms with Gasteiger partial charge < -0.3 is 0 Å². The molecule has 0 saturated carbocycles. The van der Waals surface area contributed by atoms with E-state index in [4.69, 9.17) is 0 Å². The fourth-order valence-electron chi connectivity index (χ4n) is 0. The Morgan fingerprint density at radius 3 is 1.20 bits per heavy atom. The van der Waals surface area contributed by atoms with Crippen molar-refractivity contribution in [2.45, 2.75) is 17.5 Å². The zero-order valence-electron chi connectivity index (χ0n) is 4.41. The van der Waals surface area contributed by atoms with Crippen LogP contribution in [0.5, 0.6) is 0 Å². The summed E-state index contributed by atoms with van der Waals surface area (Å²) >= 11 is -0.611. The number of hydrogen-bond donors (Lipinski definition) is 0. The van der Waals surface area contributed by atoms with Gasteiger partial charge in [-0.05, 0) is 0 Å². The third kappa shape index (κ3) is 65.4. The first-order chi connectivity index (χ1) is 2.00. The maximum absolute atomic E-state index is 2.41. The van der Waals surface area contributed by atoms with E-state index in [9.17, 15) is 0 Å². The molecule has 0 heterocycles. The van der Waals surface area contributed by atoms with E-state index in [0.717, 1.165) is 0 Å². The number of rotatable bonds is 0. The average Bonchev–Trinajstić information content (AvgIpc) is 0.722. The van der Waals surface area contributed by atoms with Crippen molar-refractivity contribution in [1.29, 1.82) is 0 Å². The van der Waals surface area contributed by atoms with Crippen molar-refractivity contribution >= 4 is 21.1 Å². The third-order valence-corrected chi connectivity index (χ3v) is 0. The van der Waals surface area contributed by atoms with Crippen LogP contribution in [0.15, 0.2) is 0 Å². The minimum absolute atomic E-state index is 0.611. The zero-order valence-corrected chi connectivity index (χ0v) is 8.12. The summed E-state index contributed by atoms with van der Waals surface area (Å²) < 4.78 is 0. The Bertz CT molecular complexity index is 22.4. The summed E-state index contributed by atoms with van der Waals surface area (Å²) in [4.78, 5) is 0. The van der Waals surface area contributed by atoms with Crippen LogP contribution in [-0.2, 0) is 0 Å². The van der Waals surface area contributed by atoms with Gasteiger partial charge in [0.1, 0.15) is 0 Å². The second-order valence-electron chi connectivity index (χ2n) is 2.45. The fourth-order valence-corrected chi connectivity index (χ4v) is 0. The summed E-state index contributed by atoms with van der Waals surface area (Å²) in [7, 11) is 1.46. The van der Waals surface area contributed by atoms with Crippen LogP contribution in [0.3, 0.4) is 0 Å². The summed E-state index contributed by atoms with van der Waals surface area (Å²) in [5.41, 5.74) is 0. The van der Waals surface area contributed by atoms with Crippen molar-refractivity contribution in [3.8, 4) is 0 Å². The molecule has 0 aromatic carbocycles. The number of hydrogen-bond acceptors (Lipinski definition) is 0. The topological polar surface area (TPSA) is 0 Å². The minimum atomic E-state index is -0.611. The average molecular weight is 155 g/mol. The van der Waals surface area contributed by atoms with Crippen molar-refractivity contribution < 1.29 is 0 Å². The monoisotopic (exact) mass is 156 g/mol. The molecule has 0 saturated heterocycles. The van der Waals surface area contributed by atoms with E-state index in [0.29, 0.717) is 0 Å². The van der Waals surface area contributed by atoms with Gasteiger partial charge in [0.05, 0.1) is 0 Å². The first-order valence-electron chi connectivity index (χ1n) is 1.63. The molecule has 0 amide bonds. The predicted molar refractivity (Wildman–Crippen MR) is 33.3 cm³/mol. The van der Waals surface area contributed by atoms with Crippen LogP contribution >= 0.6 is 0 Å². The predicted octanol–water partition coefficient (Wildman–Crippen LogP) is 0.187. The van der Waals surface area contributed by atoms with Crippen LogP contribution in [0.2, 0.25) is 17.5 Å². The van der Waals surface area contributed by atoms with Gasteiger partial charge in [-0.2, -0.15) is 0 Å². The molecule has 34 valence electrons. The molecule has 0 spiro atoms. The Morgan fingerprint density at radius 1 is 1.20 bits per heavy atom. The second-order valence-corrected chi connectivity index (χ2v) is 25.5. The van der Waals surface area contributed by atoms with E-state index in [-0.39, 0.29) is 0 Å². The first kappa shape index (κ1) is 5.74. The molecule has 5 heavy (non-hydrogen) atoms. The van der Waals surface area contributed by atoms with E-state index in [1.807, 2.05) is 0 Å². The standard InChI is InChI=1S/C3H12SeSi/c1-4(2,3)5/h1-3,5H3. The van der Waals surface area contributed by atoms with Crippen molar-refractivity contribution in [1.82, 2.24) is 0 Å². The quantitative estimate of drug-likeness (QED) is 0.438. The molecule has 0 aromatic heterocycles. The van der Waals surface area contributed by atoms with E-state index in [1.54, 1.807) is 0 Å². The first-order valence-corrected chi connectivity index (χ1v) is 12.7. The fraction of sp³-hybridized carbons (Fsp3) is 1.00. The Kier molecular flexibility index (Phi) is 1.67. The Balaban J connectivity index is 3.02. The molecule has 0 aromatic rings. The zero-order chi connectivity index (χ0) is 4.50. The molecule has 0 fully saturated rings. The van der Waals surface area contributed by atoms with E-state index in [2.05, 4.69) is 17.5 Å². The van der Waals surface area contributed by atoms with Crippen LogP contribution in [0, 0.1) is 0 Å². The summed E-state index contributed by atoms with van der Waals surface area (Å²) in [6.07, 6.45) is 0. The molecule has 0 bridgehead atoms. The van der Waals surface area contributed by atoms with Gasteiger partial charge in [-0.25, -0.2) is 0 Å². The van der Waals surface area contributed by atoms with Crippen molar-refractivity contribution in [2.75, 3.05) is 0 Å². The Hall–Kier alpha value is 0.736. The van der Waals surface area contributed by atoms with Crippen molar-refractivity contribution in [2.24, 2.45) is 0 Å². The molecule has 0 aliphatic carbocycles. The van der Waals surface area contributed by atoms with Crippen LogP contribution < -0.4 is 0 Å². The maximum atomic E-state index is 2.41. The summed E-state index contributed by atoms with van der Waals surface area (Å²) in [5.74, 6) is 7.22. The molecule has 0 rings (SSSR count). The molecule has 0 unspecified atom stereocenters. The summed E-state index contributed by atoms with van der Waals surface area (Å²) in [6.45, 7) is 0. The second kappa shape index (κ2) is 1.46. The normalized spacial score (nSPS) is 15.8. The molecular formula is C3H12SeSi. The SMILES string of the molecule is C[Se](C)(C)[SiH3]. The van der Waals surface area contributed by atoms with E-state index in [1.165, 1.54) is 8.85 Å². The van der Waals surface area contributed by atoms with Crippen molar-refractivity contribution in [3.05, 3.63) is 0 Å². The van der Waals surface area contributed by atoms with Gasteiger partial charge >= 0.3 is 38.5 Å².